The Hall–Kier alpha value is -2.81. The summed E-state index contributed by atoms with van der Waals surface area (Å²) in [4.78, 5) is 27.5. The molecule has 0 atom stereocenters. The van der Waals surface area contributed by atoms with Crippen molar-refractivity contribution in [2.24, 2.45) is 0 Å². The summed E-state index contributed by atoms with van der Waals surface area (Å²) in [5.74, 6) is 0.832. The number of nitrogens with one attached hydrogen (secondary N) is 1. The van der Waals surface area contributed by atoms with Crippen molar-refractivity contribution in [1.29, 1.82) is 0 Å². The molecule has 0 radical (unpaired) electrons. The Morgan fingerprint density at radius 1 is 1.33 bits per heavy atom. The molecule has 0 spiro atoms. The Bertz CT molecular complexity index is 972. The zero-order chi connectivity index (χ0) is 19.6. The number of furan rings is 1. The second kappa shape index (κ2) is 7.83. The van der Waals surface area contributed by atoms with E-state index in [0.717, 1.165) is 0 Å². The number of hydrogen-bond acceptors (Lipinski definition) is 7. The van der Waals surface area contributed by atoms with Gasteiger partial charge in [0.2, 0.25) is 0 Å². The van der Waals surface area contributed by atoms with Crippen molar-refractivity contribution in [3.63, 3.8) is 0 Å². The second-order valence-electron chi connectivity index (χ2n) is 5.86. The number of thioether (sulfide) groups is 1. The van der Waals surface area contributed by atoms with Crippen LogP contribution in [0.5, 0.6) is 0 Å². The van der Waals surface area contributed by atoms with Crippen LogP contribution in [0.2, 0.25) is 0 Å². The van der Waals surface area contributed by atoms with E-state index in [4.69, 9.17) is 9.15 Å². The SMILES string of the molecule is CCn1c(SCC(=O)c2[nH]c(C)c(C(=O)OC)c2C)nnc1-c1ccco1. The number of Topliss-reactive ketones (excluding diaryl/α,β-unsaturated/α-hetero) is 1. The summed E-state index contributed by atoms with van der Waals surface area (Å²) in [6, 6.07) is 3.60. The molecule has 3 aromatic rings. The van der Waals surface area contributed by atoms with Gasteiger partial charge < -0.3 is 14.1 Å². The van der Waals surface area contributed by atoms with Crippen molar-refractivity contribution in [1.82, 2.24) is 19.7 Å². The Morgan fingerprint density at radius 2 is 2.11 bits per heavy atom. The standard InChI is InChI=1S/C18H20N4O4S/c1-5-22-16(13-7-6-8-26-13)20-21-18(22)27-9-12(23)15-10(2)14(11(3)19-15)17(24)25-4/h6-8,19H,5,9H2,1-4H3. The maximum absolute atomic E-state index is 12.7. The van der Waals surface area contributed by atoms with Crippen LogP contribution >= 0.6 is 11.8 Å². The molecule has 9 heteroatoms. The topological polar surface area (TPSA) is 103 Å². The van der Waals surface area contributed by atoms with E-state index in [1.165, 1.54) is 18.9 Å². The molecule has 0 saturated carbocycles. The molecule has 0 bridgehead atoms. The van der Waals surface area contributed by atoms with Crippen molar-refractivity contribution < 1.29 is 18.7 Å². The number of carbonyl (C=O) groups excluding carboxylic acids is 2. The molecule has 0 unspecified atom stereocenters. The predicted molar refractivity (Wildman–Crippen MR) is 100 cm³/mol. The van der Waals surface area contributed by atoms with Gasteiger partial charge in [-0.2, -0.15) is 0 Å². The Balaban J connectivity index is 1.78. The van der Waals surface area contributed by atoms with Gasteiger partial charge in [-0.05, 0) is 38.5 Å². The van der Waals surface area contributed by atoms with E-state index < -0.39 is 5.97 Å². The van der Waals surface area contributed by atoms with Gasteiger partial charge in [0.25, 0.3) is 0 Å². The third kappa shape index (κ3) is 3.55. The molecule has 0 aromatic carbocycles. The third-order valence-electron chi connectivity index (χ3n) is 4.21. The lowest BCUT2D eigenvalue weighted by Gasteiger charge is -2.05. The van der Waals surface area contributed by atoms with Gasteiger partial charge in [-0.3, -0.25) is 9.36 Å². The zero-order valence-electron chi connectivity index (χ0n) is 15.5. The third-order valence-corrected chi connectivity index (χ3v) is 5.18. The second-order valence-corrected chi connectivity index (χ2v) is 6.80. The van der Waals surface area contributed by atoms with Crippen molar-refractivity contribution in [2.75, 3.05) is 12.9 Å². The maximum atomic E-state index is 12.7. The fourth-order valence-corrected chi connectivity index (χ4v) is 3.78. The number of aromatic nitrogens is 4. The molecule has 142 valence electrons. The van der Waals surface area contributed by atoms with Crippen LogP contribution in [0.25, 0.3) is 11.6 Å². The lowest BCUT2D eigenvalue weighted by Crippen LogP contribution is -2.08. The first-order valence-electron chi connectivity index (χ1n) is 8.38. The number of hydrogen-bond donors (Lipinski definition) is 1. The largest absolute Gasteiger partial charge is 0.465 e. The van der Waals surface area contributed by atoms with E-state index in [9.17, 15) is 9.59 Å². The molecule has 3 aromatic heterocycles. The number of rotatable bonds is 7. The molecule has 0 saturated heterocycles. The molecule has 0 aliphatic heterocycles. The lowest BCUT2D eigenvalue weighted by molar-refractivity contribution is 0.0599. The summed E-state index contributed by atoms with van der Waals surface area (Å²) in [5.41, 5.74) is 2.03. The average molecular weight is 388 g/mol. The summed E-state index contributed by atoms with van der Waals surface area (Å²) in [6.45, 7) is 6.10. The van der Waals surface area contributed by atoms with Gasteiger partial charge in [-0.25, -0.2) is 4.79 Å². The molecule has 3 rings (SSSR count). The maximum Gasteiger partial charge on any atom is 0.339 e. The minimum absolute atomic E-state index is 0.124. The molecule has 0 amide bonds. The number of ether oxygens (including phenoxy) is 1. The van der Waals surface area contributed by atoms with Crippen molar-refractivity contribution in [2.45, 2.75) is 32.5 Å². The smallest absolute Gasteiger partial charge is 0.339 e. The minimum atomic E-state index is -0.457. The number of aryl methyl sites for hydroxylation is 1. The molecule has 1 N–H and O–H groups in total. The molecule has 0 fully saturated rings. The van der Waals surface area contributed by atoms with E-state index in [1.807, 2.05) is 17.6 Å². The van der Waals surface area contributed by atoms with Crippen LogP contribution in [0.4, 0.5) is 0 Å². The highest BCUT2D eigenvalue weighted by Gasteiger charge is 2.23. The van der Waals surface area contributed by atoms with Crippen LogP contribution in [-0.2, 0) is 11.3 Å². The number of esters is 1. The average Bonchev–Trinajstić information content (AvgIpc) is 3.37. The van der Waals surface area contributed by atoms with Crippen molar-refractivity contribution in [3.8, 4) is 11.6 Å². The number of aromatic amines is 1. The van der Waals surface area contributed by atoms with Crippen LogP contribution in [0.15, 0.2) is 28.0 Å². The van der Waals surface area contributed by atoms with Gasteiger partial charge in [-0.1, -0.05) is 11.8 Å². The fourth-order valence-electron chi connectivity index (χ4n) is 2.91. The van der Waals surface area contributed by atoms with E-state index in [2.05, 4.69) is 15.2 Å². The lowest BCUT2D eigenvalue weighted by atomic mass is 10.1. The van der Waals surface area contributed by atoms with E-state index >= 15 is 0 Å². The number of ketones is 1. The van der Waals surface area contributed by atoms with E-state index in [-0.39, 0.29) is 11.5 Å². The van der Waals surface area contributed by atoms with Crippen LogP contribution < -0.4 is 0 Å². The summed E-state index contributed by atoms with van der Waals surface area (Å²) in [5, 5.41) is 8.97. The Morgan fingerprint density at radius 3 is 2.74 bits per heavy atom. The van der Waals surface area contributed by atoms with Gasteiger partial charge in [0.05, 0.1) is 30.4 Å². The first-order chi connectivity index (χ1) is 13.0. The summed E-state index contributed by atoms with van der Waals surface area (Å²) >= 11 is 1.29. The number of carbonyl (C=O) groups is 2. The molecular formula is C18H20N4O4S. The van der Waals surface area contributed by atoms with Crippen molar-refractivity contribution >= 4 is 23.5 Å². The quantitative estimate of drug-likeness (QED) is 0.376. The Labute approximate surface area is 160 Å². The summed E-state index contributed by atoms with van der Waals surface area (Å²) in [7, 11) is 1.32. The van der Waals surface area contributed by atoms with Crippen LogP contribution in [0, 0.1) is 13.8 Å². The molecule has 8 nitrogen and oxygen atoms in total. The summed E-state index contributed by atoms with van der Waals surface area (Å²) in [6.07, 6.45) is 1.58. The fraction of sp³-hybridized carbons (Fsp3) is 0.333. The summed E-state index contributed by atoms with van der Waals surface area (Å²) < 4.78 is 12.1. The van der Waals surface area contributed by atoms with Gasteiger partial charge in [-0.15, -0.1) is 10.2 Å². The highest BCUT2D eigenvalue weighted by Crippen LogP contribution is 2.26. The van der Waals surface area contributed by atoms with Crippen LogP contribution in [0.1, 0.15) is 39.0 Å². The molecule has 3 heterocycles. The monoisotopic (exact) mass is 388 g/mol. The first kappa shape index (κ1) is 19.0. The number of H-pyrrole nitrogens is 1. The van der Waals surface area contributed by atoms with Gasteiger partial charge in [0, 0.05) is 12.2 Å². The van der Waals surface area contributed by atoms with Gasteiger partial charge >= 0.3 is 5.97 Å². The number of nitrogens with zero attached hydrogens (tertiary/aromatic N) is 3. The van der Waals surface area contributed by atoms with Crippen molar-refractivity contribution in [3.05, 3.63) is 40.9 Å². The van der Waals surface area contributed by atoms with E-state index in [0.29, 0.717) is 45.8 Å². The zero-order valence-corrected chi connectivity index (χ0v) is 16.3. The van der Waals surface area contributed by atoms with Gasteiger partial charge in [0.1, 0.15) is 0 Å². The van der Waals surface area contributed by atoms with Crippen LogP contribution in [-0.4, -0.2) is 44.4 Å². The normalized spacial score (nSPS) is 11.0. The van der Waals surface area contributed by atoms with Gasteiger partial charge in [0.15, 0.2) is 22.5 Å². The number of methoxy groups -OCH3 is 1. The highest BCUT2D eigenvalue weighted by atomic mass is 32.2. The van der Waals surface area contributed by atoms with Crippen LogP contribution in [0.3, 0.4) is 0 Å². The molecule has 27 heavy (non-hydrogen) atoms. The first-order valence-corrected chi connectivity index (χ1v) is 9.37. The molecule has 0 aliphatic rings. The van der Waals surface area contributed by atoms with E-state index in [1.54, 1.807) is 26.2 Å². The predicted octanol–water partition coefficient (Wildman–Crippen LogP) is 3.26. The molecular weight excluding hydrogens is 368 g/mol. The minimum Gasteiger partial charge on any atom is -0.465 e. The Kier molecular flexibility index (Phi) is 5.50. The molecule has 0 aliphatic carbocycles. The highest BCUT2D eigenvalue weighted by molar-refractivity contribution is 7.99.